The van der Waals surface area contributed by atoms with E-state index < -0.39 is 0 Å². The first-order valence-corrected chi connectivity index (χ1v) is 12.3. The van der Waals surface area contributed by atoms with Crippen molar-refractivity contribution in [2.45, 2.75) is 32.2 Å². The first kappa shape index (κ1) is 23.8. The lowest BCUT2D eigenvalue weighted by Gasteiger charge is -2.38. The van der Waals surface area contributed by atoms with Gasteiger partial charge in [-0.2, -0.15) is 0 Å². The third-order valence-corrected chi connectivity index (χ3v) is 6.89. The topological polar surface area (TPSA) is 71.1 Å². The van der Waals surface area contributed by atoms with E-state index >= 15 is 0 Å². The molecule has 2 heterocycles. The van der Waals surface area contributed by atoms with Crippen molar-refractivity contribution in [3.8, 4) is 5.75 Å². The summed E-state index contributed by atoms with van der Waals surface area (Å²) in [5, 5.41) is 2.93. The van der Waals surface area contributed by atoms with Gasteiger partial charge in [-0.3, -0.25) is 14.5 Å². The summed E-state index contributed by atoms with van der Waals surface area (Å²) in [6.07, 6.45) is 8.01. The Bertz CT molecular complexity index is 839. The van der Waals surface area contributed by atoms with Crippen LogP contribution in [0, 0.1) is 17.8 Å². The maximum Gasteiger partial charge on any atom is 0.236 e. The summed E-state index contributed by atoms with van der Waals surface area (Å²) in [6.45, 7) is 5.01. The van der Waals surface area contributed by atoms with Gasteiger partial charge in [0, 0.05) is 51.8 Å². The molecule has 1 aromatic carbocycles. The molecule has 1 aromatic rings. The number of methoxy groups -OCH3 is 1. The zero-order valence-corrected chi connectivity index (χ0v) is 19.7. The standard InChI is InChI=1S/C26H37N3O4/c1-32-14-11-27-25(30)15-21-10-12-29-18-22(21)6-4-13-33-24-7-3-2-5-23(24)17-28(19-26(29)31)16-20-8-9-20/h2-7,20-22H,8-19H2,1H3,(H,27,30)/b6-4+/t21-,22-/m0/s1. The number of piperidine rings is 1. The first-order valence-electron chi connectivity index (χ1n) is 12.3. The highest BCUT2D eigenvalue weighted by Crippen LogP contribution is 2.32. The molecule has 2 bridgehead atoms. The number of ether oxygens (including phenoxy) is 2. The van der Waals surface area contributed by atoms with E-state index in [1.54, 1.807) is 7.11 Å². The lowest BCUT2D eigenvalue weighted by Crippen LogP contribution is -2.48. The molecule has 7 nitrogen and oxygen atoms in total. The minimum absolute atomic E-state index is 0.0499. The number of para-hydroxylation sites is 1. The molecule has 2 fully saturated rings. The molecule has 1 N–H and O–H groups in total. The van der Waals surface area contributed by atoms with E-state index in [2.05, 4.69) is 22.4 Å². The van der Waals surface area contributed by atoms with E-state index in [1.165, 1.54) is 12.8 Å². The van der Waals surface area contributed by atoms with Crippen molar-refractivity contribution in [3.63, 3.8) is 0 Å². The van der Waals surface area contributed by atoms with Crippen molar-refractivity contribution in [1.29, 1.82) is 0 Å². The van der Waals surface area contributed by atoms with Gasteiger partial charge in [-0.15, -0.1) is 0 Å². The third-order valence-electron chi connectivity index (χ3n) is 6.89. The quantitative estimate of drug-likeness (QED) is 0.505. The second-order valence-corrected chi connectivity index (χ2v) is 9.56. The lowest BCUT2D eigenvalue weighted by atomic mass is 9.82. The zero-order chi connectivity index (χ0) is 23.0. The van der Waals surface area contributed by atoms with Gasteiger partial charge in [-0.25, -0.2) is 0 Å². The summed E-state index contributed by atoms with van der Waals surface area (Å²) in [7, 11) is 1.63. The van der Waals surface area contributed by atoms with Crippen molar-refractivity contribution in [2.75, 3.05) is 53.0 Å². The maximum atomic E-state index is 13.3. The maximum absolute atomic E-state index is 13.3. The summed E-state index contributed by atoms with van der Waals surface area (Å²) >= 11 is 0. The van der Waals surface area contributed by atoms with Crippen LogP contribution in [0.15, 0.2) is 36.4 Å². The van der Waals surface area contributed by atoms with Crippen LogP contribution in [0.1, 0.15) is 31.2 Å². The average molecular weight is 456 g/mol. The van der Waals surface area contributed by atoms with Crippen LogP contribution in [0.25, 0.3) is 0 Å². The third kappa shape index (κ3) is 7.05. The Labute approximate surface area is 197 Å². The van der Waals surface area contributed by atoms with Crippen molar-refractivity contribution in [2.24, 2.45) is 17.8 Å². The van der Waals surface area contributed by atoms with Crippen LogP contribution < -0.4 is 10.1 Å². The summed E-state index contributed by atoms with van der Waals surface area (Å²) in [5.74, 6) is 2.19. The molecule has 33 heavy (non-hydrogen) atoms. The predicted octanol–water partition coefficient (Wildman–Crippen LogP) is 2.46. The van der Waals surface area contributed by atoms with Gasteiger partial charge in [0.2, 0.25) is 11.8 Å². The number of hydrogen-bond acceptors (Lipinski definition) is 5. The van der Waals surface area contributed by atoms with Crippen LogP contribution >= 0.6 is 0 Å². The van der Waals surface area contributed by atoms with Gasteiger partial charge in [0.15, 0.2) is 0 Å². The molecule has 2 amide bonds. The van der Waals surface area contributed by atoms with E-state index in [-0.39, 0.29) is 23.7 Å². The van der Waals surface area contributed by atoms with Crippen molar-refractivity contribution < 1.29 is 19.1 Å². The average Bonchev–Trinajstić information content (AvgIpc) is 3.62. The Balaban J connectivity index is 1.48. The summed E-state index contributed by atoms with van der Waals surface area (Å²) < 4.78 is 11.1. The van der Waals surface area contributed by atoms with E-state index in [1.807, 2.05) is 29.2 Å². The van der Waals surface area contributed by atoms with Gasteiger partial charge in [0.25, 0.3) is 0 Å². The first-order chi connectivity index (χ1) is 16.1. The number of rotatable bonds is 7. The number of carbonyl (C=O) groups excluding carboxylic acids is 2. The van der Waals surface area contributed by atoms with E-state index in [4.69, 9.17) is 9.47 Å². The van der Waals surface area contributed by atoms with Crippen LogP contribution in [0.2, 0.25) is 0 Å². The molecular formula is C26H37N3O4. The summed E-state index contributed by atoms with van der Waals surface area (Å²) in [5.41, 5.74) is 1.13. The lowest BCUT2D eigenvalue weighted by molar-refractivity contribution is -0.135. The SMILES string of the molecule is COCCNC(=O)C[C@@H]1CCN2C[C@@H]1/C=C/COc1ccccc1CN(CC1CC1)CC2=O. The molecule has 180 valence electrons. The molecule has 0 unspecified atom stereocenters. The van der Waals surface area contributed by atoms with Gasteiger partial charge in [-0.1, -0.05) is 30.4 Å². The molecule has 4 rings (SSSR count). The number of hydrogen-bond donors (Lipinski definition) is 1. The highest BCUT2D eigenvalue weighted by Gasteiger charge is 2.33. The van der Waals surface area contributed by atoms with Gasteiger partial charge in [0.05, 0.1) is 13.2 Å². The van der Waals surface area contributed by atoms with Crippen LogP contribution in [0.5, 0.6) is 5.75 Å². The largest absolute Gasteiger partial charge is 0.489 e. The Hall–Kier alpha value is -2.38. The van der Waals surface area contributed by atoms with Gasteiger partial charge in [-0.05, 0) is 43.1 Å². The molecular weight excluding hydrogens is 418 g/mol. The molecule has 1 saturated carbocycles. The number of fused-ring (bicyclic) bond motifs is 3. The molecule has 1 aliphatic carbocycles. The van der Waals surface area contributed by atoms with Crippen LogP contribution in [-0.2, 0) is 20.9 Å². The molecule has 2 atom stereocenters. The monoisotopic (exact) mass is 455 g/mol. The summed E-state index contributed by atoms with van der Waals surface area (Å²) in [4.78, 5) is 30.0. The van der Waals surface area contributed by atoms with Gasteiger partial charge in [0.1, 0.15) is 12.4 Å². The fourth-order valence-electron chi connectivity index (χ4n) is 4.86. The highest BCUT2D eigenvalue weighted by molar-refractivity contribution is 5.79. The smallest absolute Gasteiger partial charge is 0.236 e. The fourth-order valence-corrected chi connectivity index (χ4v) is 4.86. The molecule has 2 aliphatic heterocycles. The Morgan fingerprint density at radius 3 is 2.88 bits per heavy atom. The molecule has 0 aromatic heterocycles. The fraction of sp³-hybridized carbons (Fsp3) is 0.615. The predicted molar refractivity (Wildman–Crippen MR) is 127 cm³/mol. The van der Waals surface area contributed by atoms with Crippen LogP contribution in [0.3, 0.4) is 0 Å². The minimum atomic E-state index is 0.0499. The summed E-state index contributed by atoms with van der Waals surface area (Å²) in [6, 6.07) is 8.13. The van der Waals surface area contributed by atoms with E-state index in [9.17, 15) is 9.59 Å². The van der Waals surface area contributed by atoms with Crippen molar-refractivity contribution >= 4 is 11.8 Å². The molecule has 1 saturated heterocycles. The number of amides is 2. The number of nitrogens with zero attached hydrogens (tertiary/aromatic N) is 2. The molecule has 0 radical (unpaired) electrons. The zero-order valence-electron chi connectivity index (χ0n) is 19.7. The van der Waals surface area contributed by atoms with Gasteiger partial charge < -0.3 is 19.7 Å². The highest BCUT2D eigenvalue weighted by atomic mass is 16.5. The molecule has 3 aliphatic rings. The van der Waals surface area contributed by atoms with Crippen LogP contribution in [-0.4, -0.2) is 74.7 Å². The number of benzene rings is 1. The van der Waals surface area contributed by atoms with Crippen LogP contribution in [0.4, 0.5) is 0 Å². The van der Waals surface area contributed by atoms with E-state index in [0.717, 1.165) is 30.8 Å². The van der Waals surface area contributed by atoms with Crippen molar-refractivity contribution in [1.82, 2.24) is 15.1 Å². The normalized spacial score (nSPS) is 25.1. The Morgan fingerprint density at radius 2 is 2.06 bits per heavy atom. The van der Waals surface area contributed by atoms with Crippen molar-refractivity contribution in [3.05, 3.63) is 42.0 Å². The Kier molecular flexibility index (Phi) is 8.40. The molecule has 0 spiro atoms. The van der Waals surface area contributed by atoms with Gasteiger partial charge >= 0.3 is 0 Å². The molecule has 7 heteroatoms. The second kappa shape index (κ2) is 11.7. The number of nitrogens with one attached hydrogen (secondary N) is 1. The van der Waals surface area contributed by atoms with E-state index in [0.29, 0.717) is 51.7 Å². The minimum Gasteiger partial charge on any atom is -0.489 e. The second-order valence-electron chi connectivity index (χ2n) is 9.56. The number of carbonyl (C=O) groups is 2. The Morgan fingerprint density at radius 1 is 1.21 bits per heavy atom.